The second-order valence-electron chi connectivity index (χ2n) is 4.14. The molecule has 78 valence electrons. The van der Waals surface area contributed by atoms with Gasteiger partial charge in [-0.1, -0.05) is 61.2 Å². The topological polar surface area (TPSA) is 12.4 Å². The number of nitrogens with zero attached hydrogens (tertiary/aromatic N) is 1. The molecular formula is C9H14Cl2NPSi. The molecule has 0 saturated carbocycles. The van der Waals surface area contributed by atoms with Crippen LogP contribution in [0.25, 0.3) is 0 Å². The van der Waals surface area contributed by atoms with Gasteiger partial charge in [0.2, 0.25) is 0 Å². The summed E-state index contributed by atoms with van der Waals surface area (Å²) in [6.07, 6.45) is 0. The van der Waals surface area contributed by atoms with Crippen LogP contribution in [0, 0.1) is 0 Å². The van der Waals surface area contributed by atoms with Gasteiger partial charge >= 0.3 is 0 Å². The van der Waals surface area contributed by atoms with Crippen LogP contribution in [-0.4, -0.2) is 7.74 Å². The molecule has 1 unspecified atom stereocenters. The lowest BCUT2D eigenvalue weighted by atomic mass is 10.4. The van der Waals surface area contributed by atoms with E-state index in [0.717, 1.165) is 5.30 Å². The highest BCUT2D eigenvalue weighted by Gasteiger charge is 2.35. The van der Waals surface area contributed by atoms with Crippen LogP contribution < -0.4 is 5.30 Å². The van der Waals surface area contributed by atoms with Gasteiger partial charge in [-0.2, -0.15) is 4.26 Å². The van der Waals surface area contributed by atoms with Crippen molar-refractivity contribution in [2.24, 2.45) is 4.26 Å². The molecule has 0 spiro atoms. The molecule has 0 heterocycles. The monoisotopic (exact) mass is 265 g/mol. The average molecular weight is 266 g/mol. The van der Waals surface area contributed by atoms with Crippen molar-refractivity contribution < 1.29 is 0 Å². The summed E-state index contributed by atoms with van der Waals surface area (Å²) in [6, 6.07) is 9.97. The highest BCUT2D eigenvalue weighted by Crippen LogP contribution is 2.62. The van der Waals surface area contributed by atoms with Gasteiger partial charge in [0.05, 0.1) is 5.96 Å². The van der Waals surface area contributed by atoms with Crippen molar-refractivity contribution in [3.8, 4) is 0 Å². The first-order valence-corrected chi connectivity index (χ1v) is 11.7. The molecule has 0 radical (unpaired) electrons. The SMILES string of the molecule is C[Si](C)(C)P(Cl)(=NCl)c1ccccc1. The highest BCUT2D eigenvalue weighted by molar-refractivity contribution is 8.22. The van der Waals surface area contributed by atoms with E-state index in [2.05, 4.69) is 23.9 Å². The summed E-state index contributed by atoms with van der Waals surface area (Å²) in [5.74, 6) is -1.98. The molecule has 0 aromatic heterocycles. The van der Waals surface area contributed by atoms with E-state index in [-0.39, 0.29) is 0 Å². The second-order valence-corrected chi connectivity index (χ2v) is 19.0. The van der Waals surface area contributed by atoms with E-state index >= 15 is 0 Å². The van der Waals surface area contributed by atoms with Crippen LogP contribution in [0.5, 0.6) is 0 Å². The number of benzene rings is 1. The summed E-state index contributed by atoms with van der Waals surface area (Å²) < 4.78 is 3.97. The first kappa shape index (κ1) is 12.3. The van der Waals surface area contributed by atoms with Crippen molar-refractivity contribution in [3.05, 3.63) is 30.3 Å². The Kier molecular flexibility index (Phi) is 3.87. The fourth-order valence-corrected chi connectivity index (χ4v) is 8.92. The van der Waals surface area contributed by atoms with Crippen molar-refractivity contribution in [1.29, 1.82) is 0 Å². The van der Waals surface area contributed by atoms with Crippen LogP contribution in [0.15, 0.2) is 34.6 Å². The molecule has 0 bridgehead atoms. The molecule has 0 fully saturated rings. The van der Waals surface area contributed by atoms with Crippen LogP contribution >= 0.6 is 29.0 Å². The maximum Gasteiger partial charge on any atom is 0.118 e. The summed E-state index contributed by atoms with van der Waals surface area (Å²) in [6.45, 7) is 6.60. The lowest BCUT2D eigenvalue weighted by molar-refractivity contribution is 1.76. The van der Waals surface area contributed by atoms with Gasteiger partial charge in [0.15, 0.2) is 0 Å². The third-order valence-corrected chi connectivity index (χ3v) is 18.1. The molecule has 0 aliphatic rings. The standard InChI is InChI=1S/C9H14Cl2NPSi/c1-14(2,3)13(11,12-10)9-7-5-4-6-8-9/h4-8H,1-3H3. The largest absolute Gasteiger partial charge is 0.183 e. The van der Waals surface area contributed by atoms with Crippen LogP contribution in [0.3, 0.4) is 0 Å². The Morgan fingerprint density at radius 1 is 1.14 bits per heavy atom. The van der Waals surface area contributed by atoms with Gasteiger partial charge in [-0.15, -0.1) is 0 Å². The molecule has 5 heteroatoms. The zero-order chi connectivity index (χ0) is 10.8. The van der Waals surface area contributed by atoms with Crippen LogP contribution in [0.4, 0.5) is 0 Å². The number of hydrogen-bond acceptors (Lipinski definition) is 1. The molecule has 14 heavy (non-hydrogen) atoms. The molecule has 1 nitrogen and oxygen atoms in total. The van der Waals surface area contributed by atoms with Crippen molar-refractivity contribution in [1.82, 2.24) is 0 Å². The third kappa shape index (κ3) is 2.25. The molecule has 1 rings (SSSR count). The van der Waals surface area contributed by atoms with E-state index in [1.807, 2.05) is 30.3 Å². The van der Waals surface area contributed by atoms with Crippen LogP contribution in [0.2, 0.25) is 19.6 Å². The van der Waals surface area contributed by atoms with Crippen molar-refractivity contribution in [2.75, 3.05) is 0 Å². The van der Waals surface area contributed by atoms with E-state index in [9.17, 15) is 0 Å². The number of hydrogen-bond donors (Lipinski definition) is 0. The Balaban J connectivity index is 3.32. The quantitative estimate of drug-likeness (QED) is 0.545. The lowest BCUT2D eigenvalue weighted by Crippen LogP contribution is -2.24. The summed E-state index contributed by atoms with van der Waals surface area (Å²) in [5.41, 5.74) is 0. The predicted molar refractivity (Wildman–Crippen MR) is 70.5 cm³/mol. The summed E-state index contributed by atoms with van der Waals surface area (Å²) in [7, 11) is -1.57. The highest BCUT2D eigenvalue weighted by atomic mass is 35.7. The molecule has 0 N–H and O–H groups in total. The maximum atomic E-state index is 6.60. The van der Waals surface area contributed by atoms with Gasteiger partial charge in [-0.05, 0) is 0 Å². The predicted octanol–water partition coefficient (Wildman–Crippen LogP) is 4.66. The van der Waals surface area contributed by atoms with Crippen molar-refractivity contribution in [3.63, 3.8) is 0 Å². The van der Waals surface area contributed by atoms with Crippen molar-refractivity contribution in [2.45, 2.75) is 19.6 Å². The molecule has 1 aromatic carbocycles. The molecule has 1 atom stereocenters. The Morgan fingerprint density at radius 2 is 1.64 bits per heavy atom. The fraction of sp³-hybridized carbons (Fsp3) is 0.333. The lowest BCUT2D eigenvalue weighted by Gasteiger charge is -2.28. The fourth-order valence-electron chi connectivity index (χ4n) is 1.17. The molecule has 0 aliphatic carbocycles. The van der Waals surface area contributed by atoms with E-state index in [1.54, 1.807) is 0 Å². The van der Waals surface area contributed by atoms with E-state index < -0.39 is 13.7 Å². The van der Waals surface area contributed by atoms with E-state index in [0.29, 0.717) is 0 Å². The molecule has 0 amide bonds. The molecular weight excluding hydrogens is 252 g/mol. The van der Waals surface area contributed by atoms with Crippen molar-refractivity contribution >= 4 is 42.0 Å². The van der Waals surface area contributed by atoms with E-state index in [4.69, 9.17) is 23.0 Å². The summed E-state index contributed by atoms with van der Waals surface area (Å²) >= 11 is 12.3. The minimum Gasteiger partial charge on any atom is -0.183 e. The Labute approximate surface area is 96.3 Å². The summed E-state index contributed by atoms with van der Waals surface area (Å²) in [4.78, 5) is 0. The van der Waals surface area contributed by atoms with Gasteiger partial charge < -0.3 is 0 Å². The first-order valence-electron chi connectivity index (χ1n) is 4.40. The minimum absolute atomic E-state index is 1.09. The molecule has 0 aliphatic heterocycles. The number of rotatable bonds is 2. The Bertz CT molecular complexity index is 359. The van der Waals surface area contributed by atoms with Gasteiger partial charge in [0, 0.05) is 17.1 Å². The second kappa shape index (κ2) is 4.40. The zero-order valence-electron chi connectivity index (χ0n) is 8.54. The average Bonchev–Trinajstić information content (AvgIpc) is 2.16. The molecule has 1 aromatic rings. The van der Waals surface area contributed by atoms with Gasteiger partial charge in [0.1, 0.15) is 7.74 Å². The Hall–Kier alpha value is 0.247. The molecule has 0 saturated heterocycles. The maximum absolute atomic E-state index is 6.60. The van der Waals surface area contributed by atoms with E-state index in [1.165, 1.54) is 0 Å². The Morgan fingerprint density at radius 3 is 2.00 bits per heavy atom. The summed E-state index contributed by atoms with van der Waals surface area (Å²) in [5, 5.41) is 1.09. The van der Waals surface area contributed by atoms with Gasteiger partial charge in [-0.25, -0.2) is 0 Å². The van der Waals surface area contributed by atoms with Gasteiger partial charge in [0.25, 0.3) is 0 Å². The first-order chi connectivity index (χ1) is 6.42. The normalized spacial score (nSPS) is 16.1. The number of halogens is 2. The zero-order valence-corrected chi connectivity index (χ0v) is 11.9. The van der Waals surface area contributed by atoms with Crippen LogP contribution in [0.1, 0.15) is 0 Å². The third-order valence-electron chi connectivity index (χ3n) is 2.09. The minimum atomic E-state index is -1.98. The van der Waals surface area contributed by atoms with Crippen LogP contribution in [-0.2, 0) is 0 Å². The van der Waals surface area contributed by atoms with Gasteiger partial charge in [-0.3, -0.25) is 0 Å². The smallest absolute Gasteiger partial charge is 0.118 e.